The Morgan fingerprint density at radius 3 is 2.82 bits per heavy atom. The fourth-order valence-electron chi connectivity index (χ4n) is 2.41. The van der Waals surface area contributed by atoms with Crippen LogP contribution in [0.1, 0.15) is 10.4 Å². The summed E-state index contributed by atoms with van der Waals surface area (Å²) < 4.78 is 13.2. The molecular weight excluding hydrogens is 285 g/mol. The molecule has 5 nitrogen and oxygen atoms in total. The van der Waals surface area contributed by atoms with E-state index in [2.05, 4.69) is 15.6 Å². The van der Waals surface area contributed by atoms with Crippen molar-refractivity contribution in [2.45, 2.75) is 12.1 Å². The molecule has 114 valence electrons. The number of pyridine rings is 1. The molecule has 0 radical (unpaired) electrons. The zero-order valence-electron chi connectivity index (χ0n) is 11.8. The van der Waals surface area contributed by atoms with Crippen LogP contribution in [-0.2, 0) is 0 Å². The summed E-state index contributed by atoms with van der Waals surface area (Å²) in [4.78, 5) is 16.3. The van der Waals surface area contributed by atoms with Crippen LogP contribution in [0.4, 0.5) is 4.39 Å². The Balaban J connectivity index is 1.72. The molecule has 1 amide bonds. The number of β-amino-alcohol motifs (C(OH)–C–C–N with tert-alkyl or cyclic N) is 1. The first-order valence-electron chi connectivity index (χ1n) is 7.05. The normalized spacial score (nSPS) is 20.8. The van der Waals surface area contributed by atoms with Gasteiger partial charge in [0.1, 0.15) is 5.82 Å². The Hall–Kier alpha value is -2.31. The zero-order chi connectivity index (χ0) is 15.5. The number of amides is 1. The maximum absolute atomic E-state index is 13.2. The van der Waals surface area contributed by atoms with E-state index in [1.165, 1.54) is 18.3 Å². The number of aliphatic hydroxyl groups excluding tert-OH is 1. The lowest BCUT2D eigenvalue weighted by Gasteiger charge is -2.15. The Labute approximate surface area is 127 Å². The molecule has 22 heavy (non-hydrogen) atoms. The van der Waals surface area contributed by atoms with Crippen molar-refractivity contribution in [3.05, 3.63) is 54.0 Å². The van der Waals surface area contributed by atoms with Gasteiger partial charge in [-0.1, -0.05) is 12.1 Å². The lowest BCUT2D eigenvalue weighted by molar-refractivity contribution is 0.0888. The fraction of sp³-hybridized carbons (Fsp3) is 0.250. The molecule has 1 fully saturated rings. The highest BCUT2D eigenvalue weighted by Crippen LogP contribution is 2.18. The number of aliphatic hydroxyl groups is 1. The average molecular weight is 301 g/mol. The standard InChI is InChI=1S/C16H16FN3O2/c17-12-3-1-2-10(6-12)13-5-4-11(7-19-13)16(22)20-14-8-18-9-15(14)21/h1-7,14-15,18,21H,8-9H2,(H,20,22)/t14-,15?/m0/s1. The van der Waals surface area contributed by atoms with Gasteiger partial charge in [0, 0.05) is 24.8 Å². The van der Waals surface area contributed by atoms with Gasteiger partial charge in [-0.2, -0.15) is 0 Å². The quantitative estimate of drug-likeness (QED) is 0.789. The third kappa shape index (κ3) is 3.13. The van der Waals surface area contributed by atoms with Gasteiger partial charge in [0.25, 0.3) is 5.91 Å². The van der Waals surface area contributed by atoms with Crippen molar-refractivity contribution in [2.75, 3.05) is 13.1 Å². The van der Waals surface area contributed by atoms with Crippen molar-refractivity contribution in [3.8, 4) is 11.3 Å². The summed E-state index contributed by atoms with van der Waals surface area (Å²) >= 11 is 0. The van der Waals surface area contributed by atoms with Crippen molar-refractivity contribution in [2.24, 2.45) is 0 Å². The van der Waals surface area contributed by atoms with Crippen LogP contribution < -0.4 is 10.6 Å². The minimum atomic E-state index is -0.580. The van der Waals surface area contributed by atoms with Gasteiger partial charge in [-0.05, 0) is 24.3 Å². The van der Waals surface area contributed by atoms with Gasteiger partial charge in [0.2, 0.25) is 0 Å². The molecule has 1 aromatic carbocycles. The maximum Gasteiger partial charge on any atom is 0.253 e. The molecule has 1 aliphatic rings. The van der Waals surface area contributed by atoms with Crippen molar-refractivity contribution in [1.82, 2.24) is 15.6 Å². The number of carbonyl (C=O) groups is 1. The summed E-state index contributed by atoms with van der Waals surface area (Å²) in [6.07, 6.45) is 0.869. The monoisotopic (exact) mass is 301 g/mol. The molecule has 2 atom stereocenters. The Morgan fingerprint density at radius 1 is 1.32 bits per heavy atom. The van der Waals surface area contributed by atoms with Crippen LogP contribution in [0.3, 0.4) is 0 Å². The summed E-state index contributed by atoms with van der Waals surface area (Å²) in [5.74, 6) is -0.616. The van der Waals surface area contributed by atoms with Crippen LogP contribution in [0.15, 0.2) is 42.6 Å². The summed E-state index contributed by atoms with van der Waals surface area (Å²) in [6, 6.07) is 9.14. The number of rotatable bonds is 3. The summed E-state index contributed by atoms with van der Waals surface area (Å²) in [5.41, 5.74) is 1.65. The van der Waals surface area contributed by atoms with Gasteiger partial charge in [-0.25, -0.2) is 4.39 Å². The second kappa shape index (κ2) is 6.21. The minimum absolute atomic E-state index is 0.286. The van der Waals surface area contributed by atoms with Crippen molar-refractivity contribution in [1.29, 1.82) is 0 Å². The first-order valence-corrected chi connectivity index (χ1v) is 7.05. The highest BCUT2D eigenvalue weighted by atomic mass is 19.1. The second-order valence-electron chi connectivity index (χ2n) is 5.25. The molecular formula is C16H16FN3O2. The molecule has 1 aliphatic heterocycles. The first-order chi connectivity index (χ1) is 10.6. The van der Waals surface area contributed by atoms with Crippen LogP contribution in [0, 0.1) is 5.82 Å². The summed E-state index contributed by atoms with van der Waals surface area (Å²) in [7, 11) is 0. The number of halogens is 1. The second-order valence-corrected chi connectivity index (χ2v) is 5.25. The largest absolute Gasteiger partial charge is 0.390 e. The number of nitrogens with one attached hydrogen (secondary N) is 2. The summed E-state index contributed by atoms with van der Waals surface area (Å²) in [5, 5.41) is 15.4. The highest BCUT2D eigenvalue weighted by molar-refractivity contribution is 5.94. The predicted octanol–water partition coefficient (Wildman–Crippen LogP) is 0.950. The van der Waals surface area contributed by atoms with Crippen molar-refractivity contribution >= 4 is 5.91 Å². The van der Waals surface area contributed by atoms with E-state index in [0.717, 1.165) is 0 Å². The average Bonchev–Trinajstić information content (AvgIpc) is 2.92. The van der Waals surface area contributed by atoms with Crippen LogP contribution in [0.2, 0.25) is 0 Å². The Kier molecular flexibility index (Phi) is 4.13. The van der Waals surface area contributed by atoms with E-state index in [0.29, 0.717) is 29.9 Å². The highest BCUT2D eigenvalue weighted by Gasteiger charge is 2.26. The van der Waals surface area contributed by atoms with Crippen LogP contribution in [-0.4, -0.2) is 41.2 Å². The van der Waals surface area contributed by atoms with E-state index in [-0.39, 0.29) is 17.8 Å². The molecule has 3 N–H and O–H groups in total. The van der Waals surface area contributed by atoms with E-state index < -0.39 is 6.10 Å². The molecule has 3 rings (SSSR count). The summed E-state index contributed by atoms with van der Waals surface area (Å²) in [6.45, 7) is 1.02. The molecule has 1 aromatic heterocycles. The van der Waals surface area contributed by atoms with Crippen LogP contribution in [0.5, 0.6) is 0 Å². The third-order valence-corrected chi connectivity index (χ3v) is 3.64. The van der Waals surface area contributed by atoms with E-state index in [4.69, 9.17) is 0 Å². The molecule has 0 bridgehead atoms. The lowest BCUT2D eigenvalue weighted by atomic mass is 10.1. The maximum atomic E-state index is 13.2. The van der Waals surface area contributed by atoms with E-state index in [1.807, 2.05) is 0 Å². The van der Waals surface area contributed by atoms with Crippen molar-refractivity contribution in [3.63, 3.8) is 0 Å². The number of aromatic nitrogens is 1. The van der Waals surface area contributed by atoms with E-state index >= 15 is 0 Å². The number of nitrogens with zero attached hydrogens (tertiary/aromatic N) is 1. The molecule has 1 saturated heterocycles. The van der Waals surface area contributed by atoms with Crippen LogP contribution in [0.25, 0.3) is 11.3 Å². The molecule has 0 aliphatic carbocycles. The molecule has 0 saturated carbocycles. The number of carbonyl (C=O) groups excluding carboxylic acids is 1. The van der Waals surface area contributed by atoms with Gasteiger partial charge in [0.15, 0.2) is 0 Å². The van der Waals surface area contributed by atoms with Gasteiger partial charge in [0.05, 0.1) is 23.4 Å². The fourth-order valence-corrected chi connectivity index (χ4v) is 2.41. The van der Waals surface area contributed by atoms with Gasteiger partial charge in [-0.3, -0.25) is 9.78 Å². The number of benzene rings is 1. The van der Waals surface area contributed by atoms with Crippen LogP contribution >= 0.6 is 0 Å². The van der Waals surface area contributed by atoms with E-state index in [1.54, 1.807) is 24.3 Å². The zero-order valence-corrected chi connectivity index (χ0v) is 11.8. The predicted molar refractivity (Wildman–Crippen MR) is 79.8 cm³/mol. The SMILES string of the molecule is O=C(N[C@H]1CNCC1O)c1ccc(-c2cccc(F)c2)nc1. The minimum Gasteiger partial charge on any atom is -0.390 e. The smallest absolute Gasteiger partial charge is 0.253 e. The number of hydrogen-bond acceptors (Lipinski definition) is 4. The van der Waals surface area contributed by atoms with Gasteiger partial charge in [-0.15, -0.1) is 0 Å². The molecule has 0 spiro atoms. The Morgan fingerprint density at radius 2 is 2.18 bits per heavy atom. The topological polar surface area (TPSA) is 74.2 Å². The lowest BCUT2D eigenvalue weighted by Crippen LogP contribution is -2.42. The van der Waals surface area contributed by atoms with E-state index in [9.17, 15) is 14.3 Å². The molecule has 1 unspecified atom stereocenters. The molecule has 6 heteroatoms. The van der Waals surface area contributed by atoms with Gasteiger partial charge >= 0.3 is 0 Å². The van der Waals surface area contributed by atoms with Crippen molar-refractivity contribution < 1.29 is 14.3 Å². The Bertz CT molecular complexity index is 675. The van der Waals surface area contributed by atoms with Gasteiger partial charge < -0.3 is 15.7 Å². The first kappa shape index (κ1) is 14.6. The molecule has 2 aromatic rings. The molecule has 2 heterocycles. The number of hydrogen-bond donors (Lipinski definition) is 3. The third-order valence-electron chi connectivity index (χ3n) is 3.64.